The van der Waals surface area contributed by atoms with E-state index in [1.807, 2.05) is 11.8 Å². The van der Waals surface area contributed by atoms with E-state index in [1.165, 1.54) is 25.7 Å². The highest BCUT2D eigenvalue weighted by Crippen LogP contribution is 2.35. The van der Waals surface area contributed by atoms with Gasteiger partial charge >= 0.3 is 0 Å². The highest BCUT2D eigenvalue weighted by molar-refractivity contribution is 7.99. The summed E-state index contributed by atoms with van der Waals surface area (Å²) in [7, 11) is 0. The fourth-order valence-corrected chi connectivity index (χ4v) is 3.39. The Balaban J connectivity index is 2.15. The summed E-state index contributed by atoms with van der Waals surface area (Å²) < 4.78 is 0. The van der Waals surface area contributed by atoms with Gasteiger partial charge in [0.25, 0.3) is 0 Å². The van der Waals surface area contributed by atoms with Crippen LogP contribution >= 0.6 is 11.8 Å². The van der Waals surface area contributed by atoms with Crippen molar-refractivity contribution in [1.29, 1.82) is 0 Å². The Morgan fingerprint density at radius 2 is 2.13 bits per heavy atom. The van der Waals surface area contributed by atoms with Crippen LogP contribution in [0.5, 0.6) is 0 Å². The molecule has 0 amide bonds. The predicted molar refractivity (Wildman–Crippen MR) is 63.9 cm³/mol. The van der Waals surface area contributed by atoms with Crippen LogP contribution in [-0.2, 0) is 6.42 Å². The number of nitrogens with two attached hydrogens (primary N) is 1. The Morgan fingerprint density at radius 1 is 1.40 bits per heavy atom. The zero-order valence-corrected chi connectivity index (χ0v) is 9.89. The standard InChI is InChI=1S/C11H17N3S/c1-2-9-10(12)13-7-14-11(9)15-8-5-3-4-6-8/h7-8H,2-6H2,1H3,(H2,12,13,14). The predicted octanol–water partition coefficient (Wildman–Crippen LogP) is 2.66. The molecule has 0 aliphatic heterocycles. The largest absolute Gasteiger partial charge is 0.383 e. The molecule has 1 saturated carbocycles. The number of rotatable bonds is 3. The Labute approximate surface area is 94.9 Å². The van der Waals surface area contributed by atoms with Gasteiger partial charge < -0.3 is 5.73 Å². The summed E-state index contributed by atoms with van der Waals surface area (Å²) >= 11 is 1.89. The molecule has 4 heteroatoms. The van der Waals surface area contributed by atoms with E-state index in [4.69, 9.17) is 5.73 Å². The molecule has 0 radical (unpaired) electrons. The molecule has 2 N–H and O–H groups in total. The normalized spacial score (nSPS) is 17.1. The fourth-order valence-electron chi connectivity index (χ4n) is 2.01. The van der Waals surface area contributed by atoms with Crippen LogP contribution in [0.3, 0.4) is 0 Å². The van der Waals surface area contributed by atoms with Gasteiger partial charge in [-0.1, -0.05) is 19.8 Å². The SMILES string of the molecule is CCc1c(N)ncnc1SC1CCCC1. The van der Waals surface area contributed by atoms with Gasteiger partial charge in [0.2, 0.25) is 0 Å². The molecule has 1 aliphatic rings. The average molecular weight is 223 g/mol. The monoisotopic (exact) mass is 223 g/mol. The quantitative estimate of drug-likeness (QED) is 0.800. The number of anilines is 1. The second-order valence-electron chi connectivity index (χ2n) is 3.92. The molecule has 3 nitrogen and oxygen atoms in total. The first-order chi connectivity index (χ1) is 7.31. The molecule has 15 heavy (non-hydrogen) atoms. The zero-order chi connectivity index (χ0) is 10.7. The summed E-state index contributed by atoms with van der Waals surface area (Å²) in [6, 6.07) is 0. The molecule has 2 rings (SSSR count). The van der Waals surface area contributed by atoms with Crippen molar-refractivity contribution in [1.82, 2.24) is 9.97 Å². The molecule has 0 unspecified atom stereocenters. The van der Waals surface area contributed by atoms with Gasteiger partial charge in [0, 0.05) is 10.8 Å². The third kappa shape index (κ3) is 2.43. The maximum Gasteiger partial charge on any atom is 0.131 e. The first kappa shape index (κ1) is 10.7. The molecule has 0 bridgehead atoms. The first-order valence-corrected chi connectivity index (χ1v) is 6.45. The van der Waals surface area contributed by atoms with Gasteiger partial charge in [0.1, 0.15) is 17.2 Å². The Kier molecular flexibility index (Phi) is 3.46. The number of aromatic nitrogens is 2. The zero-order valence-electron chi connectivity index (χ0n) is 9.07. The summed E-state index contributed by atoms with van der Waals surface area (Å²) in [5, 5.41) is 1.83. The third-order valence-electron chi connectivity index (χ3n) is 2.87. The van der Waals surface area contributed by atoms with Gasteiger partial charge in [0.05, 0.1) is 0 Å². The van der Waals surface area contributed by atoms with Crippen molar-refractivity contribution in [2.24, 2.45) is 0 Å². The third-order valence-corrected chi connectivity index (χ3v) is 4.25. The van der Waals surface area contributed by atoms with E-state index in [0.717, 1.165) is 22.3 Å². The Hall–Kier alpha value is -0.770. The molecule has 1 aromatic rings. The summed E-state index contributed by atoms with van der Waals surface area (Å²) in [4.78, 5) is 8.38. The van der Waals surface area contributed by atoms with E-state index in [-0.39, 0.29) is 0 Å². The van der Waals surface area contributed by atoms with E-state index in [1.54, 1.807) is 6.33 Å². The molecule has 0 atom stereocenters. The van der Waals surface area contributed by atoms with E-state index < -0.39 is 0 Å². The van der Waals surface area contributed by atoms with Crippen LogP contribution in [0.25, 0.3) is 0 Å². The van der Waals surface area contributed by atoms with Gasteiger partial charge in [-0.25, -0.2) is 9.97 Å². The molecule has 1 heterocycles. The Bertz CT molecular complexity index is 335. The van der Waals surface area contributed by atoms with Gasteiger partial charge in [-0.3, -0.25) is 0 Å². The number of hydrogen-bond acceptors (Lipinski definition) is 4. The van der Waals surface area contributed by atoms with Crippen LogP contribution in [-0.4, -0.2) is 15.2 Å². The van der Waals surface area contributed by atoms with E-state index in [2.05, 4.69) is 16.9 Å². The van der Waals surface area contributed by atoms with Crippen LogP contribution in [0.2, 0.25) is 0 Å². The molecule has 0 aromatic carbocycles. The highest BCUT2D eigenvalue weighted by atomic mass is 32.2. The van der Waals surface area contributed by atoms with Crippen LogP contribution in [0.4, 0.5) is 5.82 Å². The maximum atomic E-state index is 5.84. The lowest BCUT2D eigenvalue weighted by Gasteiger charge is -2.11. The van der Waals surface area contributed by atoms with E-state index >= 15 is 0 Å². The van der Waals surface area contributed by atoms with Gasteiger partial charge in [-0.2, -0.15) is 0 Å². The molecule has 82 valence electrons. The van der Waals surface area contributed by atoms with E-state index in [0.29, 0.717) is 5.82 Å². The minimum Gasteiger partial charge on any atom is -0.383 e. The molecule has 1 aromatic heterocycles. The second-order valence-corrected chi connectivity index (χ2v) is 5.21. The molecule has 1 aliphatic carbocycles. The van der Waals surface area contributed by atoms with Crippen molar-refractivity contribution < 1.29 is 0 Å². The molecular weight excluding hydrogens is 206 g/mol. The number of nitrogen functional groups attached to an aromatic ring is 1. The number of thioether (sulfide) groups is 1. The summed E-state index contributed by atoms with van der Waals surface area (Å²) in [6.45, 7) is 2.10. The smallest absolute Gasteiger partial charge is 0.131 e. The van der Waals surface area contributed by atoms with Gasteiger partial charge in [-0.15, -0.1) is 11.8 Å². The van der Waals surface area contributed by atoms with Crippen LogP contribution < -0.4 is 5.73 Å². The van der Waals surface area contributed by atoms with Crippen molar-refractivity contribution in [3.8, 4) is 0 Å². The summed E-state index contributed by atoms with van der Waals surface area (Å²) in [6.07, 6.45) is 7.85. The maximum absolute atomic E-state index is 5.84. The minimum absolute atomic E-state index is 0.646. The average Bonchev–Trinajstić information content (AvgIpc) is 2.71. The van der Waals surface area contributed by atoms with Crippen LogP contribution in [0.1, 0.15) is 38.2 Å². The van der Waals surface area contributed by atoms with Crippen LogP contribution in [0, 0.1) is 0 Å². The van der Waals surface area contributed by atoms with Gasteiger partial charge in [0.15, 0.2) is 0 Å². The van der Waals surface area contributed by atoms with Crippen LogP contribution in [0.15, 0.2) is 11.4 Å². The second kappa shape index (κ2) is 4.84. The lowest BCUT2D eigenvalue weighted by atomic mass is 10.2. The minimum atomic E-state index is 0.646. The fraction of sp³-hybridized carbons (Fsp3) is 0.636. The summed E-state index contributed by atoms with van der Waals surface area (Å²) in [5.41, 5.74) is 6.96. The molecule has 0 spiro atoms. The highest BCUT2D eigenvalue weighted by Gasteiger charge is 2.19. The number of nitrogens with zero attached hydrogens (tertiary/aromatic N) is 2. The lowest BCUT2D eigenvalue weighted by Crippen LogP contribution is -2.03. The summed E-state index contributed by atoms with van der Waals surface area (Å²) in [5.74, 6) is 0.646. The van der Waals surface area contributed by atoms with Crippen molar-refractivity contribution >= 4 is 17.6 Å². The van der Waals surface area contributed by atoms with Crippen molar-refractivity contribution in [2.45, 2.75) is 49.3 Å². The molecule has 1 fully saturated rings. The first-order valence-electron chi connectivity index (χ1n) is 5.57. The Morgan fingerprint density at radius 3 is 2.80 bits per heavy atom. The van der Waals surface area contributed by atoms with Crippen molar-refractivity contribution in [2.75, 3.05) is 5.73 Å². The van der Waals surface area contributed by atoms with Crippen molar-refractivity contribution in [3.63, 3.8) is 0 Å². The van der Waals surface area contributed by atoms with E-state index in [9.17, 15) is 0 Å². The van der Waals surface area contributed by atoms with Crippen molar-refractivity contribution in [3.05, 3.63) is 11.9 Å². The van der Waals surface area contributed by atoms with Gasteiger partial charge in [-0.05, 0) is 19.3 Å². The number of hydrogen-bond donors (Lipinski definition) is 1. The topological polar surface area (TPSA) is 51.8 Å². The molecule has 0 saturated heterocycles. The molecular formula is C11H17N3S. The lowest BCUT2D eigenvalue weighted by molar-refractivity contribution is 0.886.